The van der Waals surface area contributed by atoms with E-state index in [4.69, 9.17) is 14.2 Å². The molecule has 0 saturated heterocycles. The van der Waals surface area contributed by atoms with Gasteiger partial charge in [0.2, 0.25) is 0 Å². The summed E-state index contributed by atoms with van der Waals surface area (Å²) in [7, 11) is 3.10. The molecule has 0 aliphatic rings. The van der Waals surface area contributed by atoms with Gasteiger partial charge in [0, 0.05) is 23.4 Å². The topological polar surface area (TPSA) is 73.9 Å². The molecule has 0 aliphatic carbocycles. The SMILES string of the molecule is CC[C@H](C)c1ccccc1NC(=O)COC(=O)/C=C/c1ccc(OC)cc1OC. The van der Waals surface area contributed by atoms with Crippen molar-refractivity contribution in [2.24, 2.45) is 0 Å². The van der Waals surface area contributed by atoms with Crippen molar-refractivity contribution in [1.82, 2.24) is 0 Å². The summed E-state index contributed by atoms with van der Waals surface area (Å²) in [5, 5.41) is 2.81. The lowest BCUT2D eigenvalue weighted by Crippen LogP contribution is -2.21. The largest absolute Gasteiger partial charge is 0.497 e. The molecule has 1 amide bonds. The highest BCUT2D eigenvalue weighted by molar-refractivity contribution is 5.95. The molecule has 0 radical (unpaired) electrons. The molecule has 0 saturated carbocycles. The molecule has 1 N–H and O–H groups in total. The molecule has 0 aromatic heterocycles. The van der Waals surface area contributed by atoms with Crippen LogP contribution < -0.4 is 14.8 Å². The molecule has 0 unspecified atom stereocenters. The number of rotatable bonds is 9. The summed E-state index contributed by atoms with van der Waals surface area (Å²) in [6.07, 6.45) is 3.78. The normalized spacial score (nSPS) is 11.7. The first-order valence-corrected chi connectivity index (χ1v) is 9.44. The van der Waals surface area contributed by atoms with Crippen LogP contribution in [0.1, 0.15) is 37.3 Å². The predicted molar refractivity (Wildman–Crippen MR) is 113 cm³/mol. The Labute approximate surface area is 171 Å². The Bertz CT molecular complexity index is 875. The van der Waals surface area contributed by atoms with E-state index in [0.717, 1.165) is 17.7 Å². The number of carbonyl (C=O) groups excluding carboxylic acids is 2. The van der Waals surface area contributed by atoms with Crippen LogP contribution in [-0.2, 0) is 14.3 Å². The Kier molecular flexibility index (Phi) is 8.27. The maximum absolute atomic E-state index is 12.2. The van der Waals surface area contributed by atoms with Crippen molar-refractivity contribution in [2.45, 2.75) is 26.2 Å². The fourth-order valence-corrected chi connectivity index (χ4v) is 2.75. The second-order valence-corrected chi connectivity index (χ2v) is 6.49. The van der Waals surface area contributed by atoms with Crippen LogP contribution in [0.5, 0.6) is 11.5 Å². The lowest BCUT2D eigenvalue weighted by Gasteiger charge is -2.15. The predicted octanol–water partition coefficient (Wildman–Crippen LogP) is 4.41. The molecule has 0 heterocycles. The van der Waals surface area contributed by atoms with Gasteiger partial charge in [0.1, 0.15) is 11.5 Å². The Balaban J connectivity index is 1.93. The van der Waals surface area contributed by atoms with E-state index in [1.807, 2.05) is 24.3 Å². The van der Waals surface area contributed by atoms with Crippen LogP contribution in [0.15, 0.2) is 48.5 Å². The lowest BCUT2D eigenvalue weighted by molar-refractivity contribution is -0.142. The van der Waals surface area contributed by atoms with E-state index >= 15 is 0 Å². The number of carbonyl (C=O) groups is 2. The molecule has 2 aromatic carbocycles. The summed E-state index contributed by atoms with van der Waals surface area (Å²) >= 11 is 0. The minimum atomic E-state index is -0.617. The average Bonchev–Trinajstić information content (AvgIpc) is 2.75. The van der Waals surface area contributed by atoms with Gasteiger partial charge >= 0.3 is 5.97 Å². The molecular weight excluding hydrogens is 370 g/mol. The minimum Gasteiger partial charge on any atom is -0.497 e. The van der Waals surface area contributed by atoms with Crippen molar-refractivity contribution >= 4 is 23.6 Å². The van der Waals surface area contributed by atoms with Gasteiger partial charge in [-0.25, -0.2) is 4.79 Å². The highest BCUT2D eigenvalue weighted by Crippen LogP contribution is 2.27. The van der Waals surface area contributed by atoms with Crippen molar-refractivity contribution in [1.29, 1.82) is 0 Å². The molecule has 6 heteroatoms. The Morgan fingerprint density at radius 3 is 2.55 bits per heavy atom. The quantitative estimate of drug-likeness (QED) is 0.501. The molecule has 0 bridgehead atoms. The smallest absolute Gasteiger partial charge is 0.331 e. The number of para-hydroxylation sites is 1. The molecule has 154 valence electrons. The molecule has 2 rings (SSSR count). The Morgan fingerprint density at radius 2 is 1.86 bits per heavy atom. The molecular formula is C23H27NO5. The number of nitrogens with one attached hydrogen (secondary N) is 1. The van der Waals surface area contributed by atoms with Crippen LogP contribution in [0, 0.1) is 0 Å². The zero-order chi connectivity index (χ0) is 21.2. The minimum absolute atomic E-state index is 0.316. The number of amides is 1. The van der Waals surface area contributed by atoms with E-state index in [1.165, 1.54) is 13.2 Å². The maximum atomic E-state index is 12.2. The number of esters is 1. The van der Waals surface area contributed by atoms with E-state index in [-0.39, 0.29) is 12.5 Å². The molecule has 0 aliphatic heterocycles. The average molecular weight is 397 g/mol. The summed E-state index contributed by atoms with van der Waals surface area (Å²) in [6.45, 7) is 3.83. The highest BCUT2D eigenvalue weighted by Gasteiger charge is 2.12. The number of hydrogen-bond donors (Lipinski definition) is 1. The number of anilines is 1. The maximum Gasteiger partial charge on any atom is 0.331 e. The van der Waals surface area contributed by atoms with E-state index in [9.17, 15) is 9.59 Å². The third-order valence-electron chi connectivity index (χ3n) is 4.56. The fraction of sp³-hybridized carbons (Fsp3) is 0.304. The number of methoxy groups -OCH3 is 2. The molecule has 1 atom stereocenters. The van der Waals surface area contributed by atoms with Crippen molar-refractivity contribution < 1.29 is 23.8 Å². The van der Waals surface area contributed by atoms with Gasteiger partial charge in [-0.15, -0.1) is 0 Å². The Hall–Kier alpha value is -3.28. The molecule has 29 heavy (non-hydrogen) atoms. The zero-order valence-corrected chi connectivity index (χ0v) is 17.2. The summed E-state index contributed by atoms with van der Waals surface area (Å²) in [4.78, 5) is 24.1. The second-order valence-electron chi connectivity index (χ2n) is 6.49. The van der Waals surface area contributed by atoms with Gasteiger partial charge in [0.25, 0.3) is 5.91 Å². The van der Waals surface area contributed by atoms with E-state index in [0.29, 0.717) is 23.0 Å². The summed E-state index contributed by atoms with van der Waals surface area (Å²) in [5.41, 5.74) is 2.49. The molecule has 6 nitrogen and oxygen atoms in total. The van der Waals surface area contributed by atoms with Crippen LogP contribution >= 0.6 is 0 Å². The van der Waals surface area contributed by atoms with Crippen LogP contribution in [-0.4, -0.2) is 32.7 Å². The second kappa shape index (κ2) is 10.9. The lowest BCUT2D eigenvalue weighted by atomic mass is 9.97. The summed E-state index contributed by atoms with van der Waals surface area (Å²) in [6, 6.07) is 12.9. The van der Waals surface area contributed by atoms with E-state index < -0.39 is 5.97 Å². The molecule has 2 aromatic rings. The van der Waals surface area contributed by atoms with Gasteiger partial charge in [0.05, 0.1) is 14.2 Å². The van der Waals surface area contributed by atoms with Gasteiger partial charge in [-0.05, 0) is 42.2 Å². The first-order valence-electron chi connectivity index (χ1n) is 9.44. The van der Waals surface area contributed by atoms with Crippen molar-refractivity contribution in [3.8, 4) is 11.5 Å². The van der Waals surface area contributed by atoms with Crippen LogP contribution in [0.2, 0.25) is 0 Å². The monoisotopic (exact) mass is 397 g/mol. The number of ether oxygens (including phenoxy) is 3. The van der Waals surface area contributed by atoms with E-state index in [2.05, 4.69) is 19.2 Å². The van der Waals surface area contributed by atoms with Gasteiger partial charge in [0.15, 0.2) is 6.61 Å². The highest BCUT2D eigenvalue weighted by atomic mass is 16.5. The third-order valence-corrected chi connectivity index (χ3v) is 4.56. The number of benzene rings is 2. The third kappa shape index (κ3) is 6.38. The first-order chi connectivity index (χ1) is 14.0. The van der Waals surface area contributed by atoms with Crippen molar-refractivity contribution in [2.75, 3.05) is 26.1 Å². The van der Waals surface area contributed by atoms with Gasteiger partial charge < -0.3 is 19.5 Å². The molecule has 0 fully saturated rings. The van der Waals surface area contributed by atoms with Gasteiger partial charge in [-0.1, -0.05) is 32.0 Å². The van der Waals surface area contributed by atoms with Crippen LogP contribution in [0.25, 0.3) is 6.08 Å². The standard InChI is InChI=1S/C23H27NO5/c1-5-16(2)19-8-6-7-9-20(19)24-22(25)15-29-23(26)13-11-17-10-12-18(27-3)14-21(17)28-4/h6-14,16H,5,15H2,1-4H3,(H,24,25)/b13-11+/t16-/m0/s1. The molecule has 0 spiro atoms. The summed E-state index contributed by atoms with van der Waals surface area (Å²) in [5.74, 6) is 0.526. The summed E-state index contributed by atoms with van der Waals surface area (Å²) < 4.78 is 15.5. The number of hydrogen-bond acceptors (Lipinski definition) is 5. The zero-order valence-electron chi connectivity index (χ0n) is 17.2. The Morgan fingerprint density at radius 1 is 1.10 bits per heavy atom. The van der Waals surface area contributed by atoms with Gasteiger partial charge in [-0.2, -0.15) is 0 Å². The van der Waals surface area contributed by atoms with Crippen LogP contribution in [0.3, 0.4) is 0 Å². The fourth-order valence-electron chi connectivity index (χ4n) is 2.75. The van der Waals surface area contributed by atoms with Gasteiger partial charge in [-0.3, -0.25) is 4.79 Å². The van der Waals surface area contributed by atoms with Crippen LogP contribution in [0.4, 0.5) is 5.69 Å². The van der Waals surface area contributed by atoms with E-state index in [1.54, 1.807) is 31.4 Å². The first kappa shape index (κ1) is 22.0. The van der Waals surface area contributed by atoms with Crippen molar-refractivity contribution in [3.63, 3.8) is 0 Å². The van der Waals surface area contributed by atoms with Crippen molar-refractivity contribution in [3.05, 3.63) is 59.7 Å².